The van der Waals surface area contributed by atoms with E-state index in [0.717, 1.165) is 0 Å². The molecule has 2 rings (SSSR count). The molecule has 1 aromatic heterocycles. The molecule has 0 aliphatic heterocycles. The van der Waals surface area contributed by atoms with Gasteiger partial charge < -0.3 is 10.2 Å². The van der Waals surface area contributed by atoms with Crippen LogP contribution < -0.4 is 5.73 Å². The Labute approximate surface area is 81.9 Å². The van der Waals surface area contributed by atoms with E-state index in [0.29, 0.717) is 21.5 Å². The van der Waals surface area contributed by atoms with Gasteiger partial charge in [-0.05, 0) is 12.1 Å². The summed E-state index contributed by atoms with van der Waals surface area (Å²) in [4.78, 5) is 15.3. The fraction of sp³-hybridized carbons (Fsp3) is 0. The summed E-state index contributed by atoms with van der Waals surface area (Å²) in [6.07, 6.45) is 0. The molecular weight excluding hydrogens is 236 g/mol. The first-order valence-electron chi connectivity index (χ1n) is 3.53. The lowest BCUT2D eigenvalue weighted by Gasteiger charge is -1.93. The van der Waals surface area contributed by atoms with Crippen LogP contribution in [0.1, 0.15) is 10.4 Å². The highest BCUT2D eigenvalue weighted by molar-refractivity contribution is 9.10. The Kier molecular flexibility index (Phi) is 1.81. The number of amides is 1. The Bertz CT molecular complexity index is 478. The molecule has 5 heteroatoms. The van der Waals surface area contributed by atoms with E-state index in [9.17, 15) is 4.79 Å². The molecule has 0 saturated carbocycles. The molecule has 0 fully saturated rings. The molecule has 1 heterocycles. The van der Waals surface area contributed by atoms with Crippen molar-refractivity contribution in [1.82, 2.24) is 4.98 Å². The molecular formula is C8H5BrN2O2. The number of halogens is 1. The third-order valence-corrected chi connectivity index (χ3v) is 2.00. The zero-order valence-electron chi connectivity index (χ0n) is 6.45. The van der Waals surface area contributed by atoms with Crippen molar-refractivity contribution in [3.8, 4) is 0 Å². The maximum atomic E-state index is 10.9. The minimum absolute atomic E-state index is 0.344. The smallest absolute Gasteiger partial charge is 0.265 e. The summed E-state index contributed by atoms with van der Waals surface area (Å²) < 4.78 is 5.16. The van der Waals surface area contributed by atoms with Crippen molar-refractivity contribution in [3.05, 3.63) is 28.6 Å². The molecule has 1 amide bonds. The van der Waals surface area contributed by atoms with E-state index in [1.54, 1.807) is 18.2 Å². The molecule has 0 aliphatic rings. The van der Waals surface area contributed by atoms with Crippen LogP contribution in [0.3, 0.4) is 0 Å². The van der Waals surface area contributed by atoms with Crippen molar-refractivity contribution in [3.63, 3.8) is 0 Å². The standard InChI is InChI=1S/C8H5BrN2O2/c9-8-11-6-4(7(10)12)2-1-3-5(6)13-8/h1-3H,(H2,10,12). The SMILES string of the molecule is NC(=O)c1cccc2oc(Br)nc12. The normalized spacial score (nSPS) is 10.5. The van der Waals surface area contributed by atoms with Gasteiger partial charge in [-0.2, -0.15) is 0 Å². The second-order valence-electron chi connectivity index (χ2n) is 2.48. The van der Waals surface area contributed by atoms with Gasteiger partial charge >= 0.3 is 0 Å². The van der Waals surface area contributed by atoms with Crippen molar-refractivity contribution in [2.24, 2.45) is 5.73 Å². The Morgan fingerprint density at radius 1 is 1.54 bits per heavy atom. The number of fused-ring (bicyclic) bond motifs is 1. The summed E-state index contributed by atoms with van der Waals surface area (Å²) in [7, 11) is 0. The van der Waals surface area contributed by atoms with Crippen molar-refractivity contribution in [2.45, 2.75) is 0 Å². The summed E-state index contributed by atoms with van der Waals surface area (Å²) in [5.41, 5.74) is 6.55. The second kappa shape index (κ2) is 2.85. The highest BCUT2D eigenvalue weighted by atomic mass is 79.9. The number of nitrogens with two attached hydrogens (primary N) is 1. The van der Waals surface area contributed by atoms with Crippen LogP contribution in [-0.2, 0) is 0 Å². The number of aromatic nitrogens is 1. The van der Waals surface area contributed by atoms with Crippen LogP contribution in [-0.4, -0.2) is 10.9 Å². The predicted octanol–water partition coefficient (Wildman–Crippen LogP) is 1.69. The van der Waals surface area contributed by atoms with Crippen LogP contribution >= 0.6 is 15.9 Å². The summed E-state index contributed by atoms with van der Waals surface area (Å²) in [6.45, 7) is 0. The number of oxazole rings is 1. The third-order valence-electron chi connectivity index (χ3n) is 1.66. The average Bonchev–Trinajstić information content (AvgIpc) is 2.43. The molecule has 0 bridgehead atoms. The van der Waals surface area contributed by atoms with Crippen molar-refractivity contribution >= 4 is 32.9 Å². The predicted molar refractivity (Wildman–Crippen MR) is 50.2 cm³/mol. The van der Waals surface area contributed by atoms with Crippen LogP contribution in [0.25, 0.3) is 11.1 Å². The van der Waals surface area contributed by atoms with Crippen LogP contribution in [0.5, 0.6) is 0 Å². The van der Waals surface area contributed by atoms with Gasteiger partial charge in [-0.3, -0.25) is 4.79 Å². The molecule has 2 N–H and O–H groups in total. The number of hydrogen-bond acceptors (Lipinski definition) is 3. The van der Waals surface area contributed by atoms with E-state index in [-0.39, 0.29) is 0 Å². The first kappa shape index (κ1) is 8.25. The molecule has 0 saturated heterocycles. The Morgan fingerprint density at radius 3 is 3.00 bits per heavy atom. The summed E-state index contributed by atoms with van der Waals surface area (Å²) in [5, 5.41) is 0. The molecule has 1 aromatic carbocycles. The molecule has 0 unspecified atom stereocenters. The minimum atomic E-state index is -0.508. The fourth-order valence-electron chi connectivity index (χ4n) is 1.12. The molecule has 0 aliphatic carbocycles. The lowest BCUT2D eigenvalue weighted by Crippen LogP contribution is -2.11. The second-order valence-corrected chi connectivity index (χ2v) is 3.16. The van der Waals surface area contributed by atoms with E-state index in [4.69, 9.17) is 10.2 Å². The summed E-state index contributed by atoms with van der Waals surface area (Å²) in [5.74, 6) is -0.508. The van der Waals surface area contributed by atoms with Crippen LogP contribution in [0.2, 0.25) is 0 Å². The maximum Gasteiger partial charge on any atom is 0.265 e. The summed E-state index contributed by atoms with van der Waals surface area (Å²) >= 11 is 3.08. The Hall–Kier alpha value is -1.36. The largest absolute Gasteiger partial charge is 0.431 e. The fourth-order valence-corrected chi connectivity index (χ4v) is 1.47. The maximum absolute atomic E-state index is 10.9. The van der Waals surface area contributed by atoms with Crippen LogP contribution in [0.4, 0.5) is 0 Å². The van der Waals surface area contributed by atoms with Gasteiger partial charge in [-0.15, -0.1) is 0 Å². The summed E-state index contributed by atoms with van der Waals surface area (Å²) in [6, 6.07) is 5.03. The number of nitrogens with zero attached hydrogens (tertiary/aromatic N) is 1. The molecule has 0 atom stereocenters. The van der Waals surface area contributed by atoms with E-state index in [1.807, 2.05) is 0 Å². The first-order chi connectivity index (χ1) is 6.18. The Morgan fingerprint density at radius 2 is 2.31 bits per heavy atom. The average molecular weight is 241 g/mol. The molecule has 0 spiro atoms. The van der Waals surface area contributed by atoms with Gasteiger partial charge in [-0.25, -0.2) is 4.98 Å². The third kappa shape index (κ3) is 1.31. The molecule has 2 aromatic rings. The van der Waals surface area contributed by atoms with Crippen molar-refractivity contribution in [1.29, 1.82) is 0 Å². The quantitative estimate of drug-likeness (QED) is 0.825. The minimum Gasteiger partial charge on any atom is -0.431 e. The van der Waals surface area contributed by atoms with E-state index in [1.165, 1.54) is 0 Å². The van der Waals surface area contributed by atoms with Gasteiger partial charge in [0, 0.05) is 15.9 Å². The zero-order chi connectivity index (χ0) is 9.42. The van der Waals surface area contributed by atoms with E-state index >= 15 is 0 Å². The van der Waals surface area contributed by atoms with Gasteiger partial charge in [0.25, 0.3) is 10.7 Å². The van der Waals surface area contributed by atoms with Gasteiger partial charge in [-0.1, -0.05) is 6.07 Å². The topological polar surface area (TPSA) is 69.1 Å². The number of para-hydroxylation sites is 1. The monoisotopic (exact) mass is 240 g/mol. The van der Waals surface area contributed by atoms with Gasteiger partial charge in [0.1, 0.15) is 5.52 Å². The number of rotatable bonds is 1. The van der Waals surface area contributed by atoms with Gasteiger partial charge in [0.05, 0.1) is 5.56 Å². The first-order valence-corrected chi connectivity index (χ1v) is 4.32. The molecule has 0 radical (unpaired) electrons. The molecule has 13 heavy (non-hydrogen) atoms. The number of benzene rings is 1. The number of carbonyl (C=O) groups excluding carboxylic acids is 1. The Balaban J connectivity index is 2.82. The number of hydrogen-bond donors (Lipinski definition) is 1. The van der Waals surface area contributed by atoms with Crippen molar-refractivity contribution in [2.75, 3.05) is 0 Å². The highest BCUT2D eigenvalue weighted by Gasteiger charge is 2.11. The highest BCUT2D eigenvalue weighted by Crippen LogP contribution is 2.21. The van der Waals surface area contributed by atoms with Crippen molar-refractivity contribution < 1.29 is 9.21 Å². The van der Waals surface area contributed by atoms with E-state index in [2.05, 4.69) is 20.9 Å². The van der Waals surface area contributed by atoms with Crippen LogP contribution in [0, 0.1) is 0 Å². The van der Waals surface area contributed by atoms with Gasteiger partial charge in [0.15, 0.2) is 5.58 Å². The lowest BCUT2D eigenvalue weighted by atomic mass is 10.2. The van der Waals surface area contributed by atoms with E-state index < -0.39 is 5.91 Å². The lowest BCUT2D eigenvalue weighted by molar-refractivity contribution is 0.100. The number of carbonyl (C=O) groups is 1. The van der Waals surface area contributed by atoms with Gasteiger partial charge in [0.2, 0.25) is 0 Å². The molecule has 4 nitrogen and oxygen atoms in total. The molecule has 66 valence electrons. The zero-order valence-corrected chi connectivity index (χ0v) is 8.04. The number of primary amides is 1. The van der Waals surface area contributed by atoms with Crippen LogP contribution in [0.15, 0.2) is 27.4 Å².